The van der Waals surface area contributed by atoms with Gasteiger partial charge in [-0.1, -0.05) is 0 Å². The van der Waals surface area contributed by atoms with Gasteiger partial charge in [0.2, 0.25) is 6.29 Å². The molecule has 0 spiro atoms. The highest BCUT2D eigenvalue weighted by Gasteiger charge is 2.20. The minimum absolute atomic E-state index is 0.0855. The molecule has 1 aromatic rings. The number of non-ortho nitro benzene ring substituents is 1. The number of benzene rings is 1. The van der Waals surface area contributed by atoms with Gasteiger partial charge in [-0.25, -0.2) is 0 Å². The van der Waals surface area contributed by atoms with Crippen molar-refractivity contribution in [1.29, 1.82) is 0 Å². The van der Waals surface area contributed by atoms with Gasteiger partial charge in [0.15, 0.2) is 0 Å². The molecule has 1 atom stereocenters. The Kier molecular flexibility index (Phi) is 3.83. The van der Waals surface area contributed by atoms with E-state index >= 15 is 0 Å². The first-order chi connectivity index (χ1) is 7.95. The van der Waals surface area contributed by atoms with Crippen LogP contribution in [0.3, 0.4) is 0 Å². The summed E-state index contributed by atoms with van der Waals surface area (Å²) in [6.45, 7) is 0. The van der Waals surface area contributed by atoms with Crippen LogP contribution in [0.1, 0.15) is 5.56 Å². The fourth-order valence-corrected chi connectivity index (χ4v) is 1.29. The SMILES string of the molecule is N[C@H]([C]=O)Cc1ccc([N+](=O)[O-])cc1[N+](=O)[O-]. The van der Waals surface area contributed by atoms with Crippen LogP contribution >= 0.6 is 0 Å². The van der Waals surface area contributed by atoms with Gasteiger partial charge in [-0.2, -0.15) is 0 Å². The first-order valence-electron chi connectivity index (χ1n) is 4.50. The smallest absolute Gasteiger partial charge is 0.279 e. The first kappa shape index (κ1) is 12.7. The maximum absolute atomic E-state index is 10.7. The summed E-state index contributed by atoms with van der Waals surface area (Å²) >= 11 is 0. The molecule has 0 aliphatic heterocycles. The zero-order valence-electron chi connectivity index (χ0n) is 8.53. The molecule has 0 saturated carbocycles. The molecule has 0 fully saturated rings. The van der Waals surface area contributed by atoms with Crippen molar-refractivity contribution in [1.82, 2.24) is 0 Å². The van der Waals surface area contributed by atoms with Crippen molar-refractivity contribution in [2.24, 2.45) is 5.73 Å². The van der Waals surface area contributed by atoms with Gasteiger partial charge in [0.25, 0.3) is 11.4 Å². The van der Waals surface area contributed by atoms with E-state index < -0.39 is 21.6 Å². The predicted molar refractivity (Wildman–Crippen MR) is 57.1 cm³/mol. The summed E-state index contributed by atoms with van der Waals surface area (Å²) in [7, 11) is 0. The van der Waals surface area contributed by atoms with Gasteiger partial charge in [0.05, 0.1) is 22.0 Å². The summed E-state index contributed by atoms with van der Waals surface area (Å²) < 4.78 is 0. The number of nitro groups is 2. The Morgan fingerprint density at radius 1 is 1.29 bits per heavy atom. The lowest BCUT2D eigenvalue weighted by Gasteiger charge is -2.04. The maximum atomic E-state index is 10.7. The van der Waals surface area contributed by atoms with Crippen molar-refractivity contribution < 1.29 is 14.6 Å². The number of nitrogens with two attached hydrogens (primary N) is 1. The predicted octanol–water partition coefficient (Wildman–Crippen LogP) is 0.483. The van der Waals surface area contributed by atoms with Gasteiger partial charge < -0.3 is 5.73 Å². The van der Waals surface area contributed by atoms with Crippen LogP contribution in [-0.2, 0) is 11.2 Å². The topological polar surface area (TPSA) is 129 Å². The van der Waals surface area contributed by atoms with Crippen molar-refractivity contribution in [3.8, 4) is 0 Å². The highest BCUT2D eigenvalue weighted by molar-refractivity contribution is 5.60. The monoisotopic (exact) mass is 238 g/mol. The Morgan fingerprint density at radius 3 is 2.41 bits per heavy atom. The number of nitro benzene ring substituents is 2. The highest BCUT2D eigenvalue weighted by Crippen LogP contribution is 2.25. The molecule has 0 aliphatic carbocycles. The molecule has 1 aromatic carbocycles. The van der Waals surface area contributed by atoms with Crippen molar-refractivity contribution in [2.45, 2.75) is 12.5 Å². The fraction of sp³-hybridized carbons (Fsp3) is 0.222. The van der Waals surface area contributed by atoms with E-state index in [1.54, 1.807) is 0 Å². The summed E-state index contributed by atoms with van der Waals surface area (Å²) in [5.41, 5.74) is 4.64. The Bertz CT molecular complexity index is 474. The number of nitrogens with zero attached hydrogens (tertiary/aromatic N) is 2. The van der Waals surface area contributed by atoms with Crippen LogP contribution in [-0.4, -0.2) is 22.2 Å². The average Bonchev–Trinajstić information content (AvgIpc) is 2.28. The van der Waals surface area contributed by atoms with Crippen LogP contribution in [0.25, 0.3) is 0 Å². The largest absolute Gasteiger partial charge is 0.321 e. The van der Waals surface area contributed by atoms with E-state index in [1.807, 2.05) is 0 Å². The summed E-state index contributed by atoms with van der Waals surface area (Å²) in [6, 6.07) is 2.19. The highest BCUT2D eigenvalue weighted by atomic mass is 16.6. The quantitative estimate of drug-likeness (QED) is 0.586. The molecule has 17 heavy (non-hydrogen) atoms. The van der Waals surface area contributed by atoms with E-state index in [2.05, 4.69) is 0 Å². The maximum Gasteiger partial charge on any atom is 0.279 e. The number of hydrogen-bond acceptors (Lipinski definition) is 6. The summed E-state index contributed by atoms with van der Waals surface area (Å²) in [5, 5.41) is 21.2. The third kappa shape index (κ3) is 3.05. The Morgan fingerprint density at radius 2 is 1.94 bits per heavy atom. The molecule has 0 heterocycles. The van der Waals surface area contributed by atoms with Crippen LogP contribution in [0.5, 0.6) is 0 Å². The second-order valence-electron chi connectivity index (χ2n) is 3.26. The van der Waals surface area contributed by atoms with Gasteiger partial charge in [0.1, 0.15) is 0 Å². The van der Waals surface area contributed by atoms with Crippen LogP contribution in [0, 0.1) is 20.2 Å². The molecule has 8 nitrogen and oxygen atoms in total. The van der Waals surface area contributed by atoms with Gasteiger partial charge in [0, 0.05) is 18.1 Å². The van der Waals surface area contributed by atoms with E-state index in [-0.39, 0.29) is 17.7 Å². The van der Waals surface area contributed by atoms with Gasteiger partial charge >= 0.3 is 0 Å². The molecule has 0 saturated heterocycles. The van der Waals surface area contributed by atoms with Crippen molar-refractivity contribution in [2.75, 3.05) is 0 Å². The lowest BCUT2D eigenvalue weighted by atomic mass is 10.0. The number of rotatable bonds is 5. The Hall–Kier alpha value is -2.35. The van der Waals surface area contributed by atoms with Crippen molar-refractivity contribution >= 4 is 17.7 Å². The molecule has 89 valence electrons. The van der Waals surface area contributed by atoms with Gasteiger partial charge in [-0.05, 0) is 6.07 Å². The third-order valence-electron chi connectivity index (χ3n) is 2.07. The lowest BCUT2D eigenvalue weighted by molar-refractivity contribution is -0.394. The zero-order chi connectivity index (χ0) is 13.0. The molecular formula is C9H8N3O5. The molecule has 1 radical (unpaired) electrons. The average molecular weight is 238 g/mol. The van der Waals surface area contributed by atoms with Crippen LogP contribution < -0.4 is 5.73 Å². The van der Waals surface area contributed by atoms with Crippen LogP contribution in [0.4, 0.5) is 11.4 Å². The normalized spacial score (nSPS) is 11.8. The fourth-order valence-electron chi connectivity index (χ4n) is 1.29. The third-order valence-corrected chi connectivity index (χ3v) is 2.07. The molecule has 0 amide bonds. The first-order valence-corrected chi connectivity index (χ1v) is 4.50. The summed E-state index contributed by atoms with van der Waals surface area (Å²) in [6.07, 6.45) is 1.40. The molecular weight excluding hydrogens is 230 g/mol. The Balaban J connectivity index is 3.17. The number of carbonyl (C=O) groups excluding carboxylic acids is 1. The van der Waals surface area contributed by atoms with Crippen molar-refractivity contribution in [3.63, 3.8) is 0 Å². The van der Waals surface area contributed by atoms with E-state index in [1.165, 1.54) is 12.4 Å². The minimum atomic E-state index is -0.991. The zero-order valence-corrected chi connectivity index (χ0v) is 8.53. The molecule has 2 N–H and O–H groups in total. The molecule has 0 aliphatic rings. The van der Waals surface area contributed by atoms with Crippen LogP contribution in [0.15, 0.2) is 18.2 Å². The second kappa shape index (κ2) is 5.12. The lowest BCUT2D eigenvalue weighted by Crippen LogP contribution is -2.24. The van der Waals surface area contributed by atoms with E-state index in [4.69, 9.17) is 5.73 Å². The van der Waals surface area contributed by atoms with Gasteiger partial charge in [-0.3, -0.25) is 25.0 Å². The van der Waals surface area contributed by atoms with E-state index in [0.717, 1.165) is 12.1 Å². The molecule has 1 rings (SSSR count). The second-order valence-corrected chi connectivity index (χ2v) is 3.26. The minimum Gasteiger partial charge on any atom is -0.321 e. The van der Waals surface area contributed by atoms with Crippen LogP contribution in [0.2, 0.25) is 0 Å². The van der Waals surface area contributed by atoms with Gasteiger partial charge in [-0.15, -0.1) is 0 Å². The molecule has 8 heteroatoms. The molecule has 0 unspecified atom stereocenters. The summed E-state index contributed by atoms with van der Waals surface area (Å²) in [4.78, 5) is 29.9. The number of hydrogen-bond donors (Lipinski definition) is 1. The molecule has 0 bridgehead atoms. The van der Waals surface area contributed by atoms with E-state index in [9.17, 15) is 25.0 Å². The standard InChI is InChI=1S/C9H8N3O5/c10-7(5-13)3-6-1-2-8(11(14)15)4-9(6)12(16)17/h1-2,4,7H,3,10H2/t7-/m0/s1. The van der Waals surface area contributed by atoms with Crippen molar-refractivity contribution in [3.05, 3.63) is 44.0 Å². The van der Waals surface area contributed by atoms with E-state index in [0.29, 0.717) is 0 Å². The Labute approximate surface area is 95.3 Å². The molecule has 0 aromatic heterocycles. The summed E-state index contributed by atoms with van der Waals surface area (Å²) in [5.74, 6) is 0.